The summed E-state index contributed by atoms with van der Waals surface area (Å²) in [5.74, 6) is -1.01. The number of nitrogens with zero attached hydrogens (tertiary/aromatic N) is 2. The molecular weight excluding hydrogens is 206 g/mol. The summed E-state index contributed by atoms with van der Waals surface area (Å²) in [6.45, 7) is 1.98. The van der Waals surface area contributed by atoms with Crippen molar-refractivity contribution in [3.05, 3.63) is 35.9 Å². The summed E-state index contributed by atoms with van der Waals surface area (Å²) in [7, 11) is 0. The first-order valence-corrected chi connectivity index (χ1v) is 4.98. The van der Waals surface area contributed by atoms with Crippen molar-refractivity contribution in [3.8, 4) is 0 Å². The van der Waals surface area contributed by atoms with Crippen molar-refractivity contribution in [1.29, 1.82) is 0 Å². The molecule has 0 amide bonds. The third kappa shape index (κ3) is 1.90. The topological polar surface area (TPSA) is 80.6 Å². The Kier molecular flexibility index (Phi) is 2.62. The molecule has 0 spiro atoms. The SMILES string of the molecule is Cc1ccn2cnc(CC(N)C(=O)O)c2c1. The summed E-state index contributed by atoms with van der Waals surface area (Å²) in [4.78, 5) is 14.8. The molecular formula is C11H13N3O2. The number of fused-ring (bicyclic) bond motifs is 1. The molecule has 1 unspecified atom stereocenters. The number of carbonyl (C=O) groups is 1. The molecule has 2 heterocycles. The number of hydrogen-bond acceptors (Lipinski definition) is 3. The number of nitrogens with two attached hydrogens (primary N) is 1. The van der Waals surface area contributed by atoms with Gasteiger partial charge in [0.1, 0.15) is 6.04 Å². The highest BCUT2D eigenvalue weighted by atomic mass is 16.4. The summed E-state index contributed by atoms with van der Waals surface area (Å²) in [5.41, 5.74) is 8.23. The molecule has 3 N–H and O–H groups in total. The summed E-state index contributed by atoms with van der Waals surface area (Å²) < 4.78 is 1.86. The lowest BCUT2D eigenvalue weighted by Crippen LogP contribution is -2.32. The summed E-state index contributed by atoms with van der Waals surface area (Å²) in [5, 5.41) is 8.75. The Bertz CT molecular complexity index is 533. The minimum absolute atomic E-state index is 0.245. The lowest BCUT2D eigenvalue weighted by Gasteiger charge is -2.04. The van der Waals surface area contributed by atoms with Crippen LogP contribution in [-0.4, -0.2) is 26.5 Å². The molecule has 16 heavy (non-hydrogen) atoms. The summed E-state index contributed by atoms with van der Waals surface area (Å²) in [6, 6.07) is 3.03. The van der Waals surface area contributed by atoms with Gasteiger partial charge in [0.2, 0.25) is 0 Å². The van der Waals surface area contributed by atoms with Crippen LogP contribution in [0.3, 0.4) is 0 Å². The minimum atomic E-state index is -1.01. The maximum atomic E-state index is 10.7. The van der Waals surface area contributed by atoms with Crippen LogP contribution >= 0.6 is 0 Å². The fourth-order valence-electron chi connectivity index (χ4n) is 1.60. The highest BCUT2D eigenvalue weighted by Crippen LogP contribution is 2.12. The van der Waals surface area contributed by atoms with Crippen LogP contribution in [0.1, 0.15) is 11.3 Å². The molecule has 2 aromatic rings. The largest absolute Gasteiger partial charge is 0.480 e. The molecule has 5 nitrogen and oxygen atoms in total. The van der Waals surface area contributed by atoms with Gasteiger partial charge in [-0.3, -0.25) is 4.79 Å². The van der Waals surface area contributed by atoms with Crippen LogP contribution in [0.2, 0.25) is 0 Å². The molecule has 0 bridgehead atoms. The number of aromatic nitrogens is 2. The molecule has 0 aliphatic heterocycles. The van der Waals surface area contributed by atoms with Crippen molar-refractivity contribution >= 4 is 11.5 Å². The maximum Gasteiger partial charge on any atom is 0.320 e. The summed E-state index contributed by atoms with van der Waals surface area (Å²) >= 11 is 0. The van der Waals surface area contributed by atoms with Gasteiger partial charge in [-0.15, -0.1) is 0 Å². The van der Waals surface area contributed by atoms with E-state index in [1.165, 1.54) is 0 Å². The molecule has 0 aliphatic rings. The van der Waals surface area contributed by atoms with Crippen LogP contribution in [0, 0.1) is 6.92 Å². The second-order valence-corrected chi connectivity index (χ2v) is 3.84. The number of carboxylic acid groups (broad SMARTS) is 1. The quantitative estimate of drug-likeness (QED) is 0.792. The normalized spacial score (nSPS) is 12.9. The second-order valence-electron chi connectivity index (χ2n) is 3.84. The molecule has 1 atom stereocenters. The average molecular weight is 219 g/mol. The number of aliphatic carboxylic acids is 1. The molecule has 0 aromatic carbocycles. The Morgan fingerprint density at radius 2 is 2.44 bits per heavy atom. The molecule has 0 radical (unpaired) electrons. The first-order valence-electron chi connectivity index (χ1n) is 4.98. The Balaban J connectivity index is 2.37. The third-order valence-corrected chi connectivity index (χ3v) is 2.50. The highest BCUT2D eigenvalue weighted by molar-refractivity contribution is 5.74. The van der Waals surface area contributed by atoms with Gasteiger partial charge in [-0.05, 0) is 24.6 Å². The van der Waals surface area contributed by atoms with Crippen LogP contribution in [0.15, 0.2) is 24.7 Å². The fraction of sp³-hybridized carbons (Fsp3) is 0.273. The van der Waals surface area contributed by atoms with Crippen LogP contribution in [0.25, 0.3) is 5.52 Å². The molecule has 5 heteroatoms. The Morgan fingerprint density at radius 3 is 3.12 bits per heavy atom. The fourth-order valence-corrected chi connectivity index (χ4v) is 1.60. The van der Waals surface area contributed by atoms with Gasteiger partial charge in [0, 0.05) is 12.6 Å². The molecule has 0 saturated heterocycles. The van der Waals surface area contributed by atoms with E-state index in [-0.39, 0.29) is 6.42 Å². The van der Waals surface area contributed by atoms with E-state index in [2.05, 4.69) is 4.98 Å². The number of aryl methyl sites for hydroxylation is 1. The minimum Gasteiger partial charge on any atom is -0.480 e. The average Bonchev–Trinajstić information content (AvgIpc) is 2.61. The van der Waals surface area contributed by atoms with Crippen molar-refractivity contribution in [3.63, 3.8) is 0 Å². The monoisotopic (exact) mass is 219 g/mol. The Labute approximate surface area is 92.5 Å². The van der Waals surface area contributed by atoms with Crippen molar-refractivity contribution in [2.75, 3.05) is 0 Å². The predicted octanol–water partition coefficient (Wildman–Crippen LogP) is 0.597. The van der Waals surface area contributed by atoms with Gasteiger partial charge in [0.25, 0.3) is 0 Å². The van der Waals surface area contributed by atoms with Gasteiger partial charge < -0.3 is 15.2 Å². The smallest absolute Gasteiger partial charge is 0.320 e. The first kappa shape index (κ1) is 10.6. The summed E-state index contributed by atoms with van der Waals surface area (Å²) in [6.07, 6.45) is 3.81. The molecule has 0 saturated carbocycles. The lowest BCUT2D eigenvalue weighted by atomic mass is 10.1. The lowest BCUT2D eigenvalue weighted by molar-refractivity contribution is -0.138. The number of imidazole rings is 1. The highest BCUT2D eigenvalue weighted by Gasteiger charge is 2.15. The van der Waals surface area contributed by atoms with E-state index in [4.69, 9.17) is 10.8 Å². The number of hydrogen-bond donors (Lipinski definition) is 2. The van der Waals surface area contributed by atoms with Crippen molar-refractivity contribution < 1.29 is 9.90 Å². The van der Waals surface area contributed by atoms with Gasteiger partial charge >= 0.3 is 5.97 Å². The Hall–Kier alpha value is -1.88. The number of rotatable bonds is 3. The van der Waals surface area contributed by atoms with Gasteiger partial charge in [0.05, 0.1) is 17.5 Å². The van der Waals surface area contributed by atoms with E-state index >= 15 is 0 Å². The molecule has 84 valence electrons. The van der Waals surface area contributed by atoms with E-state index in [1.54, 1.807) is 6.33 Å². The van der Waals surface area contributed by atoms with E-state index in [0.29, 0.717) is 0 Å². The van der Waals surface area contributed by atoms with Crippen LogP contribution in [-0.2, 0) is 11.2 Å². The molecule has 2 rings (SSSR count). The zero-order valence-corrected chi connectivity index (χ0v) is 8.92. The molecule has 2 aromatic heterocycles. The van der Waals surface area contributed by atoms with Crippen LogP contribution in [0.5, 0.6) is 0 Å². The molecule has 0 aliphatic carbocycles. The third-order valence-electron chi connectivity index (χ3n) is 2.50. The van der Waals surface area contributed by atoms with Crippen molar-refractivity contribution in [1.82, 2.24) is 9.38 Å². The maximum absolute atomic E-state index is 10.7. The first-order chi connectivity index (χ1) is 7.58. The second kappa shape index (κ2) is 3.94. The Morgan fingerprint density at radius 1 is 1.69 bits per heavy atom. The van der Waals surface area contributed by atoms with E-state index < -0.39 is 12.0 Å². The number of pyridine rings is 1. The van der Waals surface area contributed by atoms with Crippen LogP contribution < -0.4 is 5.73 Å². The van der Waals surface area contributed by atoms with Crippen molar-refractivity contribution in [2.45, 2.75) is 19.4 Å². The van der Waals surface area contributed by atoms with E-state index in [1.807, 2.05) is 29.7 Å². The van der Waals surface area contributed by atoms with Gasteiger partial charge in [-0.25, -0.2) is 4.98 Å². The number of carboxylic acids is 1. The zero-order chi connectivity index (χ0) is 11.7. The van der Waals surface area contributed by atoms with Crippen molar-refractivity contribution in [2.24, 2.45) is 5.73 Å². The van der Waals surface area contributed by atoms with Gasteiger partial charge in [-0.2, -0.15) is 0 Å². The standard InChI is InChI=1S/C11H13N3O2/c1-7-2-3-14-6-13-9(10(14)4-7)5-8(12)11(15)16/h2-4,6,8H,5,12H2,1H3,(H,15,16). The van der Waals surface area contributed by atoms with Gasteiger partial charge in [-0.1, -0.05) is 0 Å². The van der Waals surface area contributed by atoms with Crippen LogP contribution in [0.4, 0.5) is 0 Å². The predicted molar refractivity (Wildman–Crippen MR) is 59.2 cm³/mol. The van der Waals surface area contributed by atoms with E-state index in [0.717, 1.165) is 16.8 Å². The zero-order valence-electron chi connectivity index (χ0n) is 8.92. The van der Waals surface area contributed by atoms with E-state index in [9.17, 15) is 4.79 Å². The molecule has 0 fully saturated rings. The van der Waals surface area contributed by atoms with Gasteiger partial charge in [0.15, 0.2) is 0 Å².